The summed E-state index contributed by atoms with van der Waals surface area (Å²) in [6, 6.07) is 16.7. The Morgan fingerprint density at radius 2 is 1.78 bits per heavy atom. The van der Waals surface area contributed by atoms with Gasteiger partial charge in [-0.05, 0) is 37.3 Å². The lowest BCUT2D eigenvalue weighted by Crippen LogP contribution is -3.00. The predicted octanol–water partition coefficient (Wildman–Crippen LogP) is 0.666. The molecule has 0 saturated carbocycles. The van der Waals surface area contributed by atoms with Gasteiger partial charge in [-0.3, -0.25) is 9.36 Å². The third-order valence-electron chi connectivity index (χ3n) is 5.42. The summed E-state index contributed by atoms with van der Waals surface area (Å²) in [4.78, 5) is 16.5. The van der Waals surface area contributed by atoms with Gasteiger partial charge in [0.1, 0.15) is 16.4 Å². The van der Waals surface area contributed by atoms with Gasteiger partial charge in [-0.2, -0.15) is 4.57 Å². The van der Waals surface area contributed by atoms with Crippen LogP contribution in [0, 0.1) is 0 Å². The van der Waals surface area contributed by atoms with Crippen LogP contribution < -0.4 is 36.6 Å². The fourth-order valence-electron chi connectivity index (χ4n) is 3.72. The van der Waals surface area contributed by atoms with Gasteiger partial charge >= 0.3 is 0 Å². The van der Waals surface area contributed by atoms with Crippen molar-refractivity contribution in [1.82, 2.24) is 4.57 Å². The van der Waals surface area contributed by atoms with E-state index in [0.717, 1.165) is 19.2 Å². The Morgan fingerprint density at radius 1 is 1.03 bits per heavy atom. The minimum atomic E-state index is 0. The Labute approximate surface area is 204 Å². The van der Waals surface area contributed by atoms with Crippen molar-refractivity contribution in [2.24, 2.45) is 7.05 Å². The van der Waals surface area contributed by atoms with E-state index in [1.807, 2.05) is 17.6 Å². The zero-order chi connectivity index (χ0) is 21.5. The molecule has 3 heterocycles. The number of fused-ring (bicyclic) bond motifs is 2. The minimum absolute atomic E-state index is 0. The average molecular weight is 500 g/mol. The molecule has 0 amide bonds. The van der Waals surface area contributed by atoms with Gasteiger partial charge in [0, 0.05) is 24.6 Å². The van der Waals surface area contributed by atoms with Crippen LogP contribution in [-0.2, 0) is 13.6 Å². The molecule has 32 heavy (non-hydrogen) atoms. The van der Waals surface area contributed by atoms with Crippen molar-refractivity contribution in [3.05, 3.63) is 84.2 Å². The number of anilines is 1. The number of benzene rings is 2. The van der Waals surface area contributed by atoms with E-state index in [4.69, 9.17) is 0 Å². The van der Waals surface area contributed by atoms with Gasteiger partial charge in [-0.1, -0.05) is 47.4 Å². The van der Waals surface area contributed by atoms with Crippen molar-refractivity contribution in [2.45, 2.75) is 18.4 Å². The highest BCUT2D eigenvalue weighted by atomic mass is 35.5. The smallest absolute Gasteiger partial charge is 0.269 e. The Balaban J connectivity index is 0.00000245. The van der Waals surface area contributed by atoms with Crippen molar-refractivity contribution in [1.29, 1.82) is 0 Å². The number of hydrogen-bond donors (Lipinski definition) is 0. The normalized spacial score (nSPS) is 15.6. The zero-order valence-corrected chi connectivity index (χ0v) is 21.1. The number of aryl methyl sites for hydroxylation is 1. The van der Waals surface area contributed by atoms with Crippen LogP contribution in [0.1, 0.15) is 11.9 Å². The second-order valence-corrected chi connectivity index (χ2v) is 10.5. The molecule has 0 saturated heterocycles. The zero-order valence-electron chi connectivity index (χ0n) is 17.9. The van der Waals surface area contributed by atoms with Crippen LogP contribution in [0.5, 0.6) is 0 Å². The van der Waals surface area contributed by atoms with Crippen molar-refractivity contribution >= 4 is 62.5 Å². The molecule has 0 atom stereocenters. The average Bonchev–Trinajstić information content (AvgIpc) is 3.39. The molecule has 0 aliphatic carbocycles. The van der Waals surface area contributed by atoms with Crippen LogP contribution in [0.25, 0.3) is 22.4 Å². The van der Waals surface area contributed by atoms with E-state index in [-0.39, 0.29) is 18.0 Å². The monoisotopic (exact) mass is 499 g/mol. The maximum Gasteiger partial charge on any atom is 0.269 e. The van der Waals surface area contributed by atoms with Crippen LogP contribution >= 0.6 is 34.4 Å². The molecule has 2 aromatic carbocycles. The van der Waals surface area contributed by atoms with Gasteiger partial charge in [-0.25, -0.2) is 0 Å². The van der Waals surface area contributed by atoms with Gasteiger partial charge in [0.15, 0.2) is 0 Å². The molecule has 1 aliphatic rings. The quantitative estimate of drug-likeness (QED) is 0.388. The van der Waals surface area contributed by atoms with Gasteiger partial charge < -0.3 is 17.3 Å². The molecule has 0 spiro atoms. The highest BCUT2D eigenvalue weighted by Gasteiger charge is 2.20. The maximum absolute atomic E-state index is 13.0. The summed E-state index contributed by atoms with van der Waals surface area (Å²) in [5, 5.41) is 2.26. The van der Waals surface area contributed by atoms with Crippen molar-refractivity contribution < 1.29 is 17.0 Å². The van der Waals surface area contributed by atoms with Gasteiger partial charge in [-0.15, -0.1) is 11.3 Å². The largest absolute Gasteiger partial charge is 1.00 e. The Kier molecular flexibility index (Phi) is 6.62. The van der Waals surface area contributed by atoms with Crippen molar-refractivity contribution in [3.63, 3.8) is 0 Å². The van der Waals surface area contributed by atoms with E-state index in [1.54, 1.807) is 34.4 Å². The Morgan fingerprint density at radius 3 is 2.53 bits per heavy atom. The second kappa shape index (κ2) is 9.27. The highest BCUT2D eigenvalue weighted by Crippen LogP contribution is 2.44. The number of thioether (sulfide) groups is 1. The first kappa shape index (κ1) is 22.9. The molecule has 4 aromatic rings. The Hall–Kier alpha value is -2.32. The first-order chi connectivity index (χ1) is 15.1. The predicted molar refractivity (Wildman–Crippen MR) is 133 cm³/mol. The molecule has 164 valence electrons. The van der Waals surface area contributed by atoms with Gasteiger partial charge in [0.25, 0.3) is 10.6 Å². The molecule has 4 nitrogen and oxygen atoms in total. The van der Waals surface area contributed by atoms with Crippen LogP contribution in [0.4, 0.5) is 5.69 Å². The van der Waals surface area contributed by atoms with E-state index >= 15 is 0 Å². The third-order valence-corrected chi connectivity index (χ3v) is 8.85. The molecular weight excluding hydrogens is 478 g/mol. The Bertz CT molecular complexity index is 1510. The lowest BCUT2D eigenvalue weighted by atomic mass is 10.3. The number of nitrogens with zero attached hydrogens (tertiary/aromatic N) is 3. The van der Waals surface area contributed by atoms with E-state index in [2.05, 4.69) is 84.2 Å². The van der Waals surface area contributed by atoms with Gasteiger partial charge in [0.05, 0.1) is 21.3 Å². The number of hydrogen-bond acceptors (Lipinski definition) is 5. The molecule has 0 unspecified atom stereocenters. The molecule has 2 aromatic heterocycles. The SMILES string of the molecule is CCn1c(=O)/c(=C/C=C2\Sc3ccccc3N2C)s/c1=C\c1sc2ccccc2[n+]1C.[Cl-]. The second-order valence-electron chi connectivity index (χ2n) is 7.27. The molecule has 5 rings (SSSR count). The molecule has 0 fully saturated rings. The van der Waals surface area contributed by atoms with Gasteiger partial charge in [0.2, 0.25) is 5.52 Å². The highest BCUT2D eigenvalue weighted by molar-refractivity contribution is 8.03. The summed E-state index contributed by atoms with van der Waals surface area (Å²) in [5.74, 6) is 0. The van der Waals surface area contributed by atoms with E-state index in [1.165, 1.54) is 20.8 Å². The first-order valence-corrected chi connectivity index (χ1v) is 12.5. The molecule has 1 aliphatic heterocycles. The minimum Gasteiger partial charge on any atom is -1.00 e. The fourth-order valence-corrected chi connectivity index (χ4v) is 6.99. The van der Waals surface area contributed by atoms with E-state index in [9.17, 15) is 4.79 Å². The summed E-state index contributed by atoms with van der Waals surface area (Å²) in [6.07, 6.45) is 6.16. The summed E-state index contributed by atoms with van der Waals surface area (Å²) >= 11 is 5.03. The number of thiazole rings is 2. The lowest BCUT2D eigenvalue weighted by molar-refractivity contribution is -0.642. The van der Waals surface area contributed by atoms with Crippen LogP contribution in [0.15, 0.2) is 69.3 Å². The number of rotatable bonds is 3. The molecule has 0 bridgehead atoms. The van der Waals surface area contributed by atoms with E-state index in [0.29, 0.717) is 6.54 Å². The molecule has 0 radical (unpaired) electrons. The molecular formula is C24H22ClN3OS3. The number of aromatic nitrogens is 2. The first-order valence-electron chi connectivity index (χ1n) is 10.1. The summed E-state index contributed by atoms with van der Waals surface area (Å²) in [5.41, 5.74) is 2.48. The van der Waals surface area contributed by atoms with E-state index < -0.39 is 0 Å². The van der Waals surface area contributed by atoms with Crippen LogP contribution in [-0.4, -0.2) is 11.6 Å². The number of allylic oxidation sites excluding steroid dienone is 1. The van der Waals surface area contributed by atoms with Crippen LogP contribution in [0.2, 0.25) is 0 Å². The van der Waals surface area contributed by atoms with Crippen molar-refractivity contribution in [3.8, 4) is 0 Å². The summed E-state index contributed by atoms with van der Waals surface area (Å²) < 4.78 is 7.04. The van der Waals surface area contributed by atoms with Crippen LogP contribution in [0.3, 0.4) is 0 Å². The summed E-state index contributed by atoms with van der Waals surface area (Å²) in [7, 11) is 4.15. The lowest BCUT2D eigenvalue weighted by Gasteiger charge is -2.12. The molecule has 0 N–H and O–H groups in total. The fraction of sp³-hybridized carbons (Fsp3) is 0.167. The van der Waals surface area contributed by atoms with Crippen molar-refractivity contribution in [2.75, 3.05) is 11.9 Å². The topological polar surface area (TPSA) is 29.1 Å². The number of halogens is 1. The maximum atomic E-state index is 13.0. The number of para-hydroxylation sites is 2. The molecule has 8 heteroatoms. The standard InChI is InChI=1S/C24H22N3OS3.ClH/c1-4-27-23(15-22-26(3)17-10-6-8-12-19(17)30-22)31-20(24(27)28)13-14-21-25(2)16-9-5-7-11-18(16)29-21;/h5-15H,4H2,1-3H3;1H/q+1;/p-1/b20-13-,21-14-;. The summed E-state index contributed by atoms with van der Waals surface area (Å²) in [6.45, 7) is 2.68. The third kappa shape index (κ3) is 3.94.